The van der Waals surface area contributed by atoms with Crippen LogP contribution in [0.4, 0.5) is 11.4 Å². The van der Waals surface area contributed by atoms with Gasteiger partial charge in [0.15, 0.2) is 0 Å². The summed E-state index contributed by atoms with van der Waals surface area (Å²) in [6, 6.07) is 26.6. The van der Waals surface area contributed by atoms with Gasteiger partial charge in [-0.15, -0.1) is 0 Å². The number of nitriles is 1. The Bertz CT molecular complexity index is 1760. The molecular weight excluding hydrogens is 530 g/mol. The SMILES string of the molecule is CCOC(=O)c1c(CN(C)C)n(-c2ccc(OC)cc2)c2ccc(Oc3nccc(Nc4ccccc4)c3C#N)cc12. The number of anilines is 2. The van der Waals surface area contributed by atoms with Crippen molar-refractivity contribution in [2.45, 2.75) is 13.5 Å². The minimum absolute atomic E-state index is 0.151. The second-order valence-electron chi connectivity index (χ2n) is 9.74. The molecule has 0 aliphatic carbocycles. The third kappa shape index (κ3) is 5.75. The molecule has 5 aromatic rings. The molecule has 212 valence electrons. The van der Waals surface area contributed by atoms with E-state index in [4.69, 9.17) is 14.2 Å². The quantitative estimate of drug-likeness (QED) is 0.188. The van der Waals surface area contributed by atoms with E-state index in [-0.39, 0.29) is 18.1 Å². The Labute approximate surface area is 244 Å². The number of aromatic nitrogens is 2. The van der Waals surface area contributed by atoms with Crippen LogP contribution in [0.15, 0.2) is 85.1 Å². The van der Waals surface area contributed by atoms with E-state index >= 15 is 0 Å². The van der Waals surface area contributed by atoms with E-state index in [1.165, 1.54) is 0 Å². The molecule has 0 aliphatic rings. The summed E-state index contributed by atoms with van der Waals surface area (Å²) in [5.74, 6) is 0.889. The van der Waals surface area contributed by atoms with Gasteiger partial charge < -0.3 is 29.0 Å². The average Bonchev–Trinajstić information content (AvgIpc) is 3.30. The van der Waals surface area contributed by atoms with Gasteiger partial charge in [0.25, 0.3) is 0 Å². The van der Waals surface area contributed by atoms with E-state index < -0.39 is 5.97 Å². The Kier molecular flexibility index (Phi) is 8.37. The number of nitrogens with one attached hydrogen (secondary N) is 1. The summed E-state index contributed by atoms with van der Waals surface area (Å²) in [7, 11) is 5.52. The Morgan fingerprint density at radius 1 is 1.02 bits per heavy atom. The number of benzene rings is 3. The number of carbonyl (C=O) groups is 1. The van der Waals surface area contributed by atoms with Crippen LogP contribution in [0.1, 0.15) is 28.5 Å². The summed E-state index contributed by atoms with van der Waals surface area (Å²) in [5, 5.41) is 13.9. The summed E-state index contributed by atoms with van der Waals surface area (Å²) in [6.07, 6.45) is 1.58. The number of carbonyl (C=O) groups excluding carboxylic acids is 1. The van der Waals surface area contributed by atoms with Crippen molar-refractivity contribution in [3.63, 3.8) is 0 Å². The number of esters is 1. The van der Waals surface area contributed by atoms with Gasteiger partial charge in [0, 0.05) is 29.5 Å². The molecule has 0 saturated carbocycles. The molecule has 0 radical (unpaired) electrons. The van der Waals surface area contributed by atoms with Crippen molar-refractivity contribution in [3.8, 4) is 29.1 Å². The van der Waals surface area contributed by atoms with Gasteiger partial charge in [-0.05, 0) is 81.7 Å². The van der Waals surface area contributed by atoms with Crippen LogP contribution in [0, 0.1) is 11.3 Å². The van der Waals surface area contributed by atoms with E-state index in [1.807, 2.05) is 84.2 Å². The van der Waals surface area contributed by atoms with Gasteiger partial charge in [0.05, 0.1) is 36.2 Å². The van der Waals surface area contributed by atoms with Crippen molar-refractivity contribution in [2.75, 3.05) is 33.1 Å². The third-order valence-corrected chi connectivity index (χ3v) is 6.61. The summed E-state index contributed by atoms with van der Waals surface area (Å²) >= 11 is 0. The molecule has 2 heterocycles. The van der Waals surface area contributed by atoms with E-state index in [2.05, 4.69) is 16.4 Å². The van der Waals surface area contributed by atoms with Crippen LogP contribution in [-0.4, -0.2) is 48.2 Å². The maximum absolute atomic E-state index is 13.4. The second kappa shape index (κ2) is 12.5. The summed E-state index contributed by atoms with van der Waals surface area (Å²) < 4.78 is 19.1. The molecule has 0 amide bonds. The first-order valence-electron chi connectivity index (χ1n) is 13.5. The molecule has 0 atom stereocenters. The molecule has 0 spiro atoms. The molecule has 0 unspecified atom stereocenters. The largest absolute Gasteiger partial charge is 0.497 e. The average molecular weight is 562 g/mol. The number of para-hydroxylation sites is 1. The fourth-order valence-electron chi connectivity index (χ4n) is 4.81. The van der Waals surface area contributed by atoms with Crippen LogP contribution < -0.4 is 14.8 Å². The minimum atomic E-state index is -0.423. The van der Waals surface area contributed by atoms with Crippen molar-refractivity contribution < 1.29 is 19.0 Å². The zero-order chi connectivity index (χ0) is 29.6. The Morgan fingerprint density at radius 3 is 2.43 bits per heavy atom. The number of rotatable bonds is 10. The fourth-order valence-corrected chi connectivity index (χ4v) is 4.81. The Morgan fingerprint density at radius 2 is 1.76 bits per heavy atom. The molecule has 2 aromatic heterocycles. The predicted molar refractivity (Wildman–Crippen MR) is 162 cm³/mol. The second-order valence-corrected chi connectivity index (χ2v) is 9.74. The van der Waals surface area contributed by atoms with Crippen LogP contribution in [0.2, 0.25) is 0 Å². The highest BCUT2D eigenvalue weighted by Gasteiger charge is 2.26. The van der Waals surface area contributed by atoms with Gasteiger partial charge in [0.2, 0.25) is 5.88 Å². The predicted octanol–water partition coefficient (Wildman–Crippen LogP) is 6.68. The lowest BCUT2D eigenvalue weighted by Gasteiger charge is -2.16. The fraction of sp³-hybridized carbons (Fsp3) is 0.182. The third-order valence-electron chi connectivity index (χ3n) is 6.61. The first-order chi connectivity index (χ1) is 20.4. The maximum Gasteiger partial charge on any atom is 0.340 e. The Balaban J connectivity index is 1.63. The van der Waals surface area contributed by atoms with Crippen LogP contribution in [0.3, 0.4) is 0 Å². The van der Waals surface area contributed by atoms with E-state index in [0.717, 1.165) is 28.3 Å². The van der Waals surface area contributed by atoms with E-state index in [9.17, 15) is 10.1 Å². The highest BCUT2D eigenvalue weighted by Crippen LogP contribution is 2.36. The number of fused-ring (bicyclic) bond motifs is 1. The number of pyridine rings is 1. The van der Waals surface area contributed by atoms with Gasteiger partial charge in [0.1, 0.15) is 23.1 Å². The Hall–Kier alpha value is -5.33. The number of ether oxygens (including phenoxy) is 3. The molecule has 9 nitrogen and oxygen atoms in total. The van der Waals surface area contributed by atoms with E-state index in [1.54, 1.807) is 38.4 Å². The summed E-state index contributed by atoms with van der Waals surface area (Å²) in [6.45, 7) is 2.51. The molecule has 42 heavy (non-hydrogen) atoms. The maximum atomic E-state index is 13.4. The highest BCUT2D eigenvalue weighted by molar-refractivity contribution is 6.07. The number of hydrogen-bond acceptors (Lipinski definition) is 8. The van der Waals surface area contributed by atoms with Gasteiger partial charge in [-0.1, -0.05) is 18.2 Å². The molecule has 0 aliphatic heterocycles. The number of hydrogen-bond donors (Lipinski definition) is 1. The smallest absolute Gasteiger partial charge is 0.340 e. The lowest BCUT2D eigenvalue weighted by molar-refractivity contribution is 0.0526. The van der Waals surface area contributed by atoms with Crippen molar-refractivity contribution in [2.24, 2.45) is 0 Å². The molecule has 9 heteroatoms. The zero-order valence-electron chi connectivity index (χ0n) is 23.9. The van der Waals surface area contributed by atoms with Crippen LogP contribution in [0.25, 0.3) is 16.6 Å². The molecular formula is C33H31N5O4. The topological polar surface area (TPSA) is 102 Å². The normalized spacial score (nSPS) is 10.9. The molecule has 0 fully saturated rings. The standard InChI is InChI=1S/C33H31N5O4/c1-5-41-33(39)31-26-19-25(42-32-27(20-34)28(17-18-35-32)36-22-9-7-6-8-10-22)15-16-29(26)38(30(31)21-37(2)3)23-11-13-24(40-4)14-12-23/h6-19H,5,21H2,1-4H3,(H,35,36). The lowest BCUT2D eigenvalue weighted by Crippen LogP contribution is -2.17. The van der Waals surface area contributed by atoms with Crippen molar-refractivity contribution in [1.82, 2.24) is 14.5 Å². The van der Waals surface area contributed by atoms with E-state index in [0.29, 0.717) is 28.9 Å². The van der Waals surface area contributed by atoms with Gasteiger partial charge >= 0.3 is 5.97 Å². The molecule has 3 aromatic carbocycles. The number of methoxy groups -OCH3 is 1. The van der Waals surface area contributed by atoms with Gasteiger partial charge in [-0.3, -0.25) is 0 Å². The molecule has 1 N–H and O–H groups in total. The lowest BCUT2D eigenvalue weighted by atomic mass is 10.1. The first-order valence-corrected chi connectivity index (χ1v) is 13.5. The minimum Gasteiger partial charge on any atom is -0.497 e. The number of nitrogens with zero attached hydrogens (tertiary/aromatic N) is 4. The highest BCUT2D eigenvalue weighted by atomic mass is 16.5. The molecule has 5 rings (SSSR count). The van der Waals surface area contributed by atoms with Crippen LogP contribution >= 0.6 is 0 Å². The monoisotopic (exact) mass is 561 g/mol. The van der Waals surface area contributed by atoms with Crippen molar-refractivity contribution in [1.29, 1.82) is 5.26 Å². The van der Waals surface area contributed by atoms with Crippen molar-refractivity contribution >= 4 is 28.2 Å². The van der Waals surface area contributed by atoms with Gasteiger partial charge in [-0.2, -0.15) is 5.26 Å². The zero-order valence-corrected chi connectivity index (χ0v) is 23.9. The first kappa shape index (κ1) is 28.2. The van der Waals surface area contributed by atoms with Crippen molar-refractivity contribution in [3.05, 3.63) is 102 Å². The van der Waals surface area contributed by atoms with Crippen LogP contribution in [-0.2, 0) is 11.3 Å². The molecule has 0 bridgehead atoms. The summed E-state index contributed by atoms with van der Waals surface area (Å²) in [4.78, 5) is 19.8. The summed E-state index contributed by atoms with van der Waals surface area (Å²) in [5.41, 5.74) is 4.57. The van der Waals surface area contributed by atoms with Gasteiger partial charge in [-0.25, -0.2) is 9.78 Å². The van der Waals surface area contributed by atoms with Crippen LogP contribution in [0.5, 0.6) is 17.4 Å². The molecule has 0 saturated heterocycles.